The van der Waals surface area contributed by atoms with Gasteiger partial charge < -0.3 is 10.5 Å². The zero-order valence-corrected chi connectivity index (χ0v) is 14.0. The van der Waals surface area contributed by atoms with E-state index < -0.39 is 21.9 Å². The first kappa shape index (κ1) is 17.8. The Labute approximate surface area is 143 Å². The number of benzene rings is 2. The maximum Gasteiger partial charge on any atom is 0.339 e. The van der Waals surface area contributed by atoms with Crippen molar-refractivity contribution in [3.05, 3.63) is 58.6 Å². The van der Waals surface area contributed by atoms with Gasteiger partial charge in [-0.25, -0.2) is 13.2 Å². The smallest absolute Gasteiger partial charge is 0.339 e. The number of nitrogens with two attached hydrogens (primary N) is 1. The van der Waals surface area contributed by atoms with Gasteiger partial charge in [0.05, 0.1) is 22.6 Å². The third-order valence-corrected chi connectivity index (χ3v) is 4.78. The topological polar surface area (TPSA) is 116 Å². The molecule has 126 valence electrons. The molecule has 0 radical (unpaired) electrons. The van der Waals surface area contributed by atoms with E-state index in [1.807, 2.05) is 0 Å². The molecule has 0 bridgehead atoms. The first-order valence-electron chi connectivity index (χ1n) is 6.55. The average Bonchev–Trinajstić information content (AvgIpc) is 2.54. The Morgan fingerprint density at radius 1 is 1.12 bits per heavy atom. The highest BCUT2D eigenvalue weighted by Gasteiger charge is 2.19. The fourth-order valence-corrected chi connectivity index (χ4v) is 3.13. The number of carbonyl (C=O) groups excluding carboxylic acids is 2. The number of halogens is 1. The van der Waals surface area contributed by atoms with Crippen molar-refractivity contribution in [2.24, 2.45) is 5.73 Å². The van der Waals surface area contributed by atoms with Gasteiger partial charge >= 0.3 is 5.97 Å². The number of esters is 1. The monoisotopic (exact) mass is 368 g/mol. The van der Waals surface area contributed by atoms with Gasteiger partial charge in [0.15, 0.2) is 0 Å². The molecule has 0 heterocycles. The Balaban J connectivity index is 2.33. The fraction of sp³-hybridized carbons (Fsp3) is 0.0667. The summed E-state index contributed by atoms with van der Waals surface area (Å²) in [6.45, 7) is 0. The molecule has 7 nitrogen and oxygen atoms in total. The van der Waals surface area contributed by atoms with Crippen molar-refractivity contribution in [1.82, 2.24) is 0 Å². The third kappa shape index (κ3) is 3.84. The Bertz CT molecular complexity index is 895. The molecular formula is C15H13ClN2O5S. The van der Waals surface area contributed by atoms with Crippen molar-refractivity contribution in [2.45, 2.75) is 4.90 Å². The minimum atomic E-state index is -3.96. The van der Waals surface area contributed by atoms with Gasteiger partial charge in [0.1, 0.15) is 0 Å². The molecule has 9 heteroatoms. The highest BCUT2D eigenvalue weighted by molar-refractivity contribution is 7.92. The summed E-state index contributed by atoms with van der Waals surface area (Å²) in [5, 5.41) is 0.0756. The fourth-order valence-electron chi connectivity index (χ4n) is 1.85. The first-order valence-corrected chi connectivity index (χ1v) is 8.41. The Morgan fingerprint density at radius 3 is 2.29 bits per heavy atom. The second-order valence-electron chi connectivity index (χ2n) is 4.68. The summed E-state index contributed by atoms with van der Waals surface area (Å²) in [7, 11) is -2.79. The van der Waals surface area contributed by atoms with Gasteiger partial charge in [-0.2, -0.15) is 0 Å². The highest BCUT2D eigenvalue weighted by atomic mass is 35.5. The Morgan fingerprint density at radius 2 is 1.75 bits per heavy atom. The van der Waals surface area contributed by atoms with Crippen molar-refractivity contribution in [3.8, 4) is 0 Å². The lowest BCUT2D eigenvalue weighted by atomic mass is 10.2. The number of anilines is 1. The third-order valence-electron chi connectivity index (χ3n) is 3.08. The molecule has 0 aliphatic heterocycles. The van der Waals surface area contributed by atoms with Crippen LogP contribution < -0.4 is 10.5 Å². The van der Waals surface area contributed by atoms with Crippen LogP contribution in [0.2, 0.25) is 5.02 Å². The van der Waals surface area contributed by atoms with E-state index in [0.717, 1.165) is 6.07 Å². The molecule has 0 aliphatic carbocycles. The normalized spacial score (nSPS) is 10.9. The lowest BCUT2D eigenvalue weighted by molar-refractivity contribution is 0.0600. The van der Waals surface area contributed by atoms with Crippen LogP contribution in [0.25, 0.3) is 0 Å². The maximum absolute atomic E-state index is 12.4. The Hall–Kier alpha value is -2.58. The molecule has 24 heavy (non-hydrogen) atoms. The van der Waals surface area contributed by atoms with Gasteiger partial charge in [-0.05, 0) is 42.5 Å². The number of amides is 1. The molecule has 3 N–H and O–H groups in total. The van der Waals surface area contributed by atoms with E-state index in [9.17, 15) is 18.0 Å². The van der Waals surface area contributed by atoms with Crippen LogP contribution >= 0.6 is 11.6 Å². The summed E-state index contributed by atoms with van der Waals surface area (Å²) in [5.41, 5.74) is 5.54. The standard InChI is InChI=1S/C15H13ClN2O5S/c1-23-15(20)12-8-11(6-7-13(12)16)24(21,22)18-10-4-2-9(3-5-10)14(17)19/h2-8,18H,1H3,(H2,17,19). The zero-order valence-electron chi connectivity index (χ0n) is 12.4. The summed E-state index contributed by atoms with van der Waals surface area (Å²) in [4.78, 5) is 22.5. The van der Waals surface area contributed by atoms with E-state index in [2.05, 4.69) is 9.46 Å². The predicted molar refractivity (Wildman–Crippen MR) is 88.6 cm³/mol. The van der Waals surface area contributed by atoms with Crippen LogP contribution in [-0.4, -0.2) is 27.4 Å². The van der Waals surface area contributed by atoms with Crippen molar-refractivity contribution in [3.63, 3.8) is 0 Å². The van der Waals surface area contributed by atoms with Gasteiger partial charge in [0, 0.05) is 11.3 Å². The van der Waals surface area contributed by atoms with Crippen LogP contribution in [0.15, 0.2) is 47.4 Å². The second-order valence-corrected chi connectivity index (χ2v) is 6.77. The molecule has 0 saturated carbocycles. The van der Waals surface area contributed by atoms with Gasteiger partial charge in [-0.3, -0.25) is 9.52 Å². The van der Waals surface area contributed by atoms with E-state index in [4.69, 9.17) is 17.3 Å². The highest BCUT2D eigenvalue weighted by Crippen LogP contribution is 2.23. The number of primary amides is 1. The largest absolute Gasteiger partial charge is 0.465 e. The molecule has 0 saturated heterocycles. The average molecular weight is 369 g/mol. The summed E-state index contributed by atoms with van der Waals surface area (Å²) in [6.07, 6.45) is 0. The molecule has 0 unspecified atom stereocenters. The van der Waals surface area contributed by atoms with Crippen LogP contribution in [0.1, 0.15) is 20.7 Å². The van der Waals surface area contributed by atoms with Crippen molar-refractivity contribution < 1.29 is 22.7 Å². The minimum Gasteiger partial charge on any atom is -0.465 e. The number of rotatable bonds is 5. The number of hydrogen-bond donors (Lipinski definition) is 2. The number of hydrogen-bond acceptors (Lipinski definition) is 5. The molecular weight excluding hydrogens is 356 g/mol. The van der Waals surface area contributed by atoms with E-state index in [1.165, 1.54) is 43.5 Å². The molecule has 0 spiro atoms. The van der Waals surface area contributed by atoms with E-state index in [0.29, 0.717) is 0 Å². The van der Waals surface area contributed by atoms with Gasteiger partial charge in [-0.1, -0.05) is 11.6 Å². The van der Waals surface area contributed by atoms with Gasteiger partial charge in [0.25, 0.3) is 10.0 Å². The Kier molecular flexibility index (Phi) is 5.10. The molecule has 1 amide bonds. The summed E-state index contributed by atoms with van der Waals surface area (Å²) < 4.78 is 31.7. The number of ether oxygens (including phenoxy) is 1. The second kappa shape index (κ2) is 6.90. The SMILES string of the molecule is COC(=O)c1cc(S(=O)(=O)Nc2ccc(C(N)=O)cc2)ccc1Cl. The van der Waals surface area contributed by atoms with Crippen molar-refractivity contribution >= 4 is 39.2 Å². The summed E-state index contributed by atoms with van der Waals surface area (Å²) in [5.74, 6) is -1.37. The van der Waals surface area contributed by atoms with Crippen LogP contribution in [0.4, 0.5) is 5.69 Å². The summed E-state index contributed by atoms with van der Waals surface area (Å²) in [6, 6.07) is 9.25. The number of methoxy groups -OCH3 is 1. The molecule has 2 rings (SSSR count). The minimum absolute atomic E-state index is 0.0638. The van der Waals surface area contributed by atoms with Crippen LogP contribution in [0.5, 0.6) is 0 Å². The lowest BCUT2D eigenvalue weighted by Gasteiger charge is -2.10. The predicted octanol–water partition coefficient (Wildman–Crippen LogP) is 2.03. The first-order chi connectivity index (χ1) is 11.2. The van der Waals surface area contributed by atoms with E-state index in [-0.39, 0.29) is 26.7 Å². The van der Waals surface area contributed by atoms with E-state index >= 15 is 0 Å². The lowest BCUT2D eigenvalue weighted by Crippen LogP contribution is -2.15. The van der Waals surface area contributed by atoms with Gasteiger partial charge in [0.2, 0.25) is 5.91 Å². The van der Waals surface area contributed by atoms with Crippen LogP contribution in [0.3, 0.4) is 0 Å². The van der Waals surface area contributed by atoms with Crippen LogP contribution in [-0.2, 0) is 14.8 Å². The summed E-state index contributed by atoms with van der Waals surface area (Å²) >= 11 is 5.87. The van der Waals surface area contributed by atoms with Crippen molar-refractivity contribution in [1.29, 1.82) is 0 Å². The molecule has 0 aromatic heterocycles. The molecule has 0 aliphatic rings. The molecule has 0 fully saturated rings. The van der Waals surface area contributed by atoms with E-state index in [1.54, 1.807) is 0 Å². The number of carbonyl (C=O) groups is 2. The zero-order chi connectivity index (χ0) is 17.9. The number of nitrogens with one attached hydrogen (secondary N) is 1. The quantitative estimate of drug-likeness (QED) is 0.783. The molecule has 2 aromatic rings. The van der Waals surface area contributed by atoms with Crippen molar-refractivity contribution in [2.75, 3.05) is 11.8 Å². The van der Waals surface area contributed by atoms with Gasteiger partial charge in [-0.15, -0.1) is 0 Å². The van der Waals surface area contributed by atoms with Crippen LogP contribution in [0, 0.1) is 0 Å². The maximum atomic E-state index is 12.4. The molecule has 0 atom stereocenters. The number of sulfonamides is 1. The molecule has 2 aromatic carbocycles.